The van der Waals surface area contributed by atoms with E-state index in [0.29, 0.717) is 18.7 Å². The van der Waals surface area contributed by atoms with Gasteiger partial charge in [0, 0.05) is 41.7 Å². The van der Waals surface area contributed by atoms with E-state index in [1.165, 1.54) is 0 Å². The molecule has 1 heterocycles. The van der Waals surface area contributed by atoms with Crippen molar-refractivity contribution in [2.45, 2.75) is 39.2 Å². The molecule has 1 aliphatic heterocycles. The molecule has 2 amide bonds. The van der Waals surface area contributed by atoms with Crippen LogP contribution in [0.1, 0.15) is 33.1 Å². The van der Waals surface area contributed by atoms with Crippen molar-refractivity contribution in [1.82, 2.24) is 0 Å². The van der Waals surface area contributed by atoms with Crippen LogP contribution in [0.25, 0.3) is 0 Å². The van der Waals surface area contributed by atoms with Gasteiger partial charge in [0.05, 0.1) is 12.5 Å². The highest BCUT2D eigenvalue weighted by atomic mass is 32.2. The van der Waals surface area contributed by atoms with E-state index in [1.54, 1.807) is 6.92 Å². The standard InChI is InChI=1S/C13H23N3O4S/c1-3-10(8-21-15-20)11(7-14)12(17)16(13(18)19)6-4-5-9(16)2/h9-11H,3-8,14H2,1-2H3/p+1/t9-,10-,11?,16?/m1/s1. The van der Waals surface area contributed by atoms with Gasteiger partial charge in [-0.05, 0) is 12.8 Å². The van der Waals surface area contributed by atoms with Crippen LogP contribution in [0.3, 0.4) is 0 Å². The Kier molecular flexibility index (Phi) is 6.76. The number of rotatable bonds is 7. The van der Waals surface area contributed by atoms with Crippen LogP contribution in [-0.4, -0.2) is 46.5 Å². The quantitative estimate of drug-likeness (QED) is 0.423. The molecule has 1 aliphatic rings. The van der Waals surface area contributed by atoms with Crippen molar-refractivity contribution in [1.29, 1.82) is 0 Å². The van der Waals surface area contributed by atoms with Gasteiger partial charge in [0.2, 0.25) is 0 Å². The summed E-state index contributed by atoms with van der Waals surface area (Å²) in [5.41, 5.74) is 5.75. The number of carbonyl (C=O) groups excluding carboxylic acids is 1. The SMILES string of the molecule is CC[C@H](CSN=O)C(CN)C(=O)[N+]1(C(=O)O)CCC[C@H]1C. The second kappa shape index (κ2) is 7.86. The van der Waals surface area contributed by atoms with Gasteiger partial charge in [-0.1, -0.05) is 13.3 Å². The summed E-state index contributed by atoms with van der Waals surface area (Å²) in [5, 5.41) is 9.62. The summed E-state index contributed by atoms with van der Waals surface area (Å²) in [7, 11) is 0. The molecular formula is C13H24N3O4S+. The highest BCUT2D eigenvalue weighted by Gasteiger charge is 2.55. The molecule has 1 saturated heterocycles. The predicted octanol–water partition coefficient (Wildman–Crippen LogP) is 2.21. The third kappa shape index (κ3) is 3.44. The minimum Gasteiger partial charge on any atom is -0.435 e. The summed E-state index contributed by atoms with van der Waals surface area (Å²) < 4.78 is 2.23. The van der Waals surface area contributed by atoms with Gasteiger partial charge in [-0.15, -0.1) is 4.91 Å². The summed E-state index contributed by atoms with van der Waals surface area (Å²) in [6.45, 7) is 4.12. The summed E-state index contributed by atoms with van der Waals surface area (Å²) in [5.74, 6) is -0.622. The largest absolute Gasteiger partial charge is 0.521 e. The van der Waals surface area contributed by atoms with E-state index < -0.39 is 16.5 Å². The van der Waals surface area contributed by atoms with Gasteiger partial charge >= 0.3 is 12.0 Å². The zero-order valence-corrected chi connectivity index (χ0v) is 13.3. The van der Waals surface area contributed by atoms with Gasteiger partial charge < -0.3 is 10.8 Å². The molecule has 0 aromatic heterocycles. The zero-order valence-electron chi connectivity index (χ0n) is 12.5. The van der Waals surface area contributed by atoms with Crippen LogP contribution in [0.2, 0.25) is 0 Å². The highest BCUT2D eigenvalue weighted by Crippen LogP contribution is 2.33. The van der Waals surface area contributed by atoms with Crippen molar-refractivity contribution in [2.24, 2.45) is 22.2 Å². The van der Waals surface area contributed by atoms with E-state index in [4.69, 9.17) is 5.73 Å². The lowest BCUT2D eigenvalue weighted by molar-refractivity contribution is -0.794. The number of hydrogen-bond donors (Lipinski definition) is 2. The molecule has 0 saturated carbocycles. The summed E-state index contributed by atoms with van der Waals surface area (Å²) in [4.78, 5) is 34.9. The Bertz CT molecular complexity index is 407. The fourth-order valence-electron chi connectivity index (χ4n) is 3.22. The van der Waals surface area contributed by atoms with Crippen molar-refractivity contribution in [2.75, 3.05) is 18.8 Å². The molecule has 21 heavy (non-hydrogen) atoms. The maximum absolute atomic E-state index is 12.9. The average molecular weight is 318 g/mol. The Hall–Kier alpha value is -0.990. The number of likely N-dealkylation sites (tertiary alicyclic amines) is 1. The fraction of sp³-hybridized carbons (Fsp3) is 0.846. The molecule has 0 aliphatic carbocycles. The van der Waals surface area contributed by atoms with Gasteiger partial charge in [-0.2, -0.15) is 9.28 Å². The Labute approximate surface area is 128 Å². The Balaban J connectivity index is 3.04. The minimum atomic E-state index is -1.10. The molecule has 0 aromatic rings. The van der Waals surface area contributed by atoms with E-state index in [0.717, 1.165) is 24.8 Å². The monoisotopic (exact) mass is 318 g/mol. The predicted molar refractivity (Wildman–Crippen MR) is 81.4 cm³/mol. The molecule has 0 aromatic carbocycles. The van der Waals surface area contributed by atoms with Crippen LogP contribution < -0.4 is 5.73 Å². The Morgan fingerprint density at radius 2 is 2.19 bits per heavy atom. The van der Waals surface area contributed by atoms with E-state index in [2.05, 4.69) is 4.58 Å². The number of nitroso groups, excluding NO2 is 1. The van der Waals surface area contributed by atoms with E-state index in [-0.39, 0.29) is 24.4 Å². The number of carboxylic acid groups (broad SMARTS) is 1. The highest BCUT2D eigenvalue weighted by molar-refractivity contribution is 7.97. The first-order chi connectivity index (χ1) is 9.95. The Morgan fingerprint density at radius 1 is 1.52 bits per heavy atom. The molecule has 8 heteroatoms. The van der Waals surface area contributed by atoms with Crippen molar-refractivity contribution < 1.29 is 19.2 Å². The minimum absolute atomic E-state index is 0.0940. The maximum Gasteiger partial charge on any atom is 0.521 e. The van der Waals surface area contributed by atoms with Gasteiger partial charge in [0.15, 0.2) is 0 Å². The topological polar surface area (TPSA) is 110 Å². The summed E-state index contributed by atoms with van der Waals surface area (Å²) in [6, 6.07) is -0.238. The van der Waals surface area contributed by atoms with E-state index in [1.807, 2.05) is 6.92 Å². The number of carbonyl (C=O) groups is 2. The lowest BCUT2D eigenvalue weighted by Gasteiger charge is -2.34. The first-order valence-corrected chi connectivity index (χ1v) is 8.20. The third-order valence-corrected chi connectivity index (χ3v) is 5.31. The number of quaternary nitrogens is 1. The smallest absolute Gasteiger partial charge is 0.435 e. The van der Waals surface area contributed by atoms with Crippen molar-refractivity contribution >= 4 is 23.9 Å². The van der Waals surface area contributed by atoms with Crippen LogP contribution in [0.15, 0.2) is 4.58 Å². The molecule has 0 radical (unpaired) electrons. The summed E-state index contributed by atoms with van der Waals surface area (Å²) >= 11 is 0.860. The first kappa shape index (κ1) is 18.1. The first-order valence-electron chi connectivity index (χ1n) is 7.26. The molecule has 2 unspecified atom stereocenters. The van der Waals surface area contributed by atoms with Crippen LogP contribution in [0.4, 0.5) is 4.79 Å². The van der Waals surface area contributed by atoms with Crippen molar-refractivity contribution in [3.63, 3.8) is 0 Å². The second-order valence-electron chi connectivity index (χ2n) is 5.59. The maximum atomic E-state index is 12.9. The molecule has 4 atom stereocenters. The molecule has 7 nitrogen and oxygen atoms in total. The van der Waals surface area contributed by atoms with Gasteiger partial charge in [-0.25, -0.2) is 4.79 Å². The third-order valence-electron chi connectivity index (χ3n) is 4.63. The fourth-order valence-corrected chi connectivity index (χ4v) is 3.94. The number of amides is 2. The summed E-state index contributed by atoms with van der Waals surface area (Å²) in [6.07, 6.45) is 0.998. The normalized spacial score (nSPS) is 28.0. The van der Waals surface area contributed by atoms with Gasteiger partial charge in [0.25, 0.3) is 0 Å². The van der Waals surface area contributed by atoms with E-state index >= 15 is 0 Å². The number of nitrogens with two attached hydrogens (primary N) is 1. The molecule has 1 fully saturated rings. The average Bonchev–Trinajstić information content (AvgIpc) is 2.85. The molecule has 0 bridgehead atoms. The molecule has 1 rings (SSSR count). The van der Waals surface area contributed by atoms with Crippen molar-refractivity contribution in [3.05, 3.63) is 4.91 Å². The lowest BCUT2D eigenvalue weighted by Crippen LogP contribution is -2.62. The van der Waals surface area contributed by atoms with Gasteiger partial charge in [-0.3, -0.25) is 0 Å². The zero-order chi connectivity index (χ0) is 16.0. The Morgan fingerprint density at radius 3 is 2.57 bits per heavy atom. The number of nitrogens with zero attached hydrogens (tertiary/aromatic N) is 2. The van der Waals surface area contributed by atoms with Crippen molar-refractivity contribution in [3.8, 4) is 0 Å². The number of hydrogen-bond acceptors (Lipinski definition) is 6. The van der Waals surface area contributed by atoms with Crippen LogP contribution in [0, 0.1) is 16.7 Å². The molecular weight excluding hydrogens is 294 g/mol. The second-order valence-corrected chi connectivity index (χ2v) is 6.33. The van der Waals surface area contributed by atoms with Crippen LogP contribution in [-0.2, 0) is 4.79 Å². The van der Waals surface area contributed by atoms with Crippen LogP contribution in [0.5, 0.6) is 0 Å². The molecule has 0 spiro atoms. The van der Waals surface area contributed by atoms with E-state index in [9.17, 15) is 19.6 Å². The molecule has 120 valence electrons. The molecule has 3 N–H and O–H groups in total. The van der Waals surface area contributed by atoms with Gasteiger partial charge in [0.1, 0.15) is 6.04 Å². The number of imide groups is 1. The lowest BCUT2D eigenvalue weighted by atomic mass is 9.89. The van der Waals surface area contributed by atoms with Crippen LogP contribution >= 0.6 is 11.9 Å².